The molecule has 2 aromatic rings. The third kappa shape index (κ3) is 1.91. The van der Waals surface area contributed by atoms with E-state index in [9.17, 15) is 4.79 Å². The molecule has 0 amide bonds. The van der Waals surface area contributed by atoms with Crippen LogP contribution in [0.3, 0.4) is 0 Å². The van der Waals surface area contributed by atoms with Crippen molar-refractivity contribution in [3.63, 3.8) is 0 Å². The molecule has 0 aromatic carbocycles. The topological polar surface area (TPSA) is 78.0 Å². The lowest BCUT2D eigenvalue weighted by Crippen LogP contribution is -2.15. The quantitative estimate of drug-likeness (QED) is 0.781. The number of fused-ring (bicyclic) bond motifs is 3. The van der Waals surface area contributed by atoms with Gasteiger partial charge in [-0.15, -0.1) is 11.3 Å². The Balaban J connectivity index is 2.11. The third-order valence-corrected chi connectivity index (χ3v) is 4.41. The predicted octanol–water partition coefficient (Wildman–Crippen LogP) is 1.27. The van der Waals surface area contributed by atoms with Crippen LogP contribution in [0.2, 0.25) is 0 Å². The molecule has 3 rings (SSSR count). The maximum atomic E-state index is 12.1. The molecule has 3 N–H and O–H groups in total. The molecule has 0 fully saturated rings. The van der Waals surface area contributed by atoms with E-state index in [4.69, 9.17) is 5.11 Å². The maximum absolute atomic E-state index is 12.1. The van der Waals surface area contributed by atoms with Crippen molar-refractivity contribution < 1.29 is 5.11 Å². The van der Waals surface area contributed by atoms with Crippen LogP contribution in [0, 0.1) is 0 Å². The largest absolute Gasteiger partial charge is 0.395 e. The SMILES string of the molecule is O=c1[nH]c(NCCO)nc2sc3c(c12)CCCC3. The Bertz CT molecular complexity index is 632. The molecule has 0 aliphatic heterocycles. The van der Waals surface area contributed by atoms with Crippen LogP contribution in [0.15, 0.2) is 4.79 Å². The van der Waals surface area contributed by atoms with E-state index in [0.717, 1.165) is 29.5 Å². The zero-order valence-corrected chi connectivity index (χ0v) is 10.8. The molecule has 18 heavy (non-hydrogen) atoms. The van der Waals surface area contributed by atoms with E-state index in [0.29, 0.717) is 12.5 Å². The number of aryl methyl sites for hydroxylation is 2. The van der Waals surface area contributed by atoms with Crippen LogP contribution in [0.5, 0.6) is 0 Å². The number of aliphatic hydroxyl groups is 1. The lowest BCUT2D eigenvalue weighted by molar-refractivity contribution is 0.311. The van der Waals surface area contributed by atoms with Gasteiger partial charge in [0.2, 0.25) is 5.95 Å². The molecule has 0 spiro atoms. The molecular weight excluding hydrogens is 250 g/mol. The van der Waals surface area contributed by atoms with Gasteiger partial charge in [0.15, 0.2) is 0 Å². The number of hydrogen-bond donors (Lipinski definition) is 3. The lowest BCUT2D eigenvalue weighted by atomic mass is 9.97. The molecule has 1 aliphatic carbocycles. The number of aromatic nitrogens is 2. The van der Waals surface area contributed by atoms with Gasteiger partial charge < -0.3 is 10.4 Å². The Morgan fingerprint density at radius 3 is 3.06 bits per heavy atom. The van der Waals surface area contributed by atoms with Gasteiger partial charge in [-0.3, -0.25) is 9.78 Å². The van der Waals surface area contributed by atoms with Crippen LogP contribution >= 0.6 is 11.3 Å². The zero-order chi connectivity index (χ0) is 12.5. The molecule has 0 bridgehead atoms. The predicted molar refractivity (Wildman–Crippen MR) is 72.5 cm³/mol. The standard InChI is InChI=1S/C12H15N3O2S/c16-6-5-13-12-14-10(17)9-7-3-1-2-4-8(7)18-11(9)15-12/h16H,1-6H2,(H2,13,14,15,17). The number of anilines is 1. The number of aliphatic hydroxyl groups excluding tert-OH is 1. The Labute approximate surface area is 108 Å². The smallest absolute Gasteiger partial charge is 0.261 e. The van der Waals surface area contributed by atoms with Crippen LogP contribution in [-0.2, 0) is 12.8 Å². The van der Waals surface area contributed by atoms with E-state index in [1.807, 2.05) is 0 Å². The molecule has 2 aromatic heterocycles. The van der Waals surface area contributed by atoms with Crippen LogP contribution in [0.25, 0.3) is 10.2 Å². The molecule has 6 heteroatoms. The van der Waals surface area contributed by atoms with Crippen molar-refractivity contribution in [3.8, 4) is 0 Å². The van der Waals surface area contributed by atoms with E-state index in [1.54, 1.807) is 11.3 Å². The average Bonchev–Trinajstić information content (AvgIpc) is 2.74. The molecule has 0 saturated carbocycles. The number of aromatic amines is 1. The molecule has 0 saturated heterocycles. The van der Waals surface area contributed by atoms with Gasteiger partial charge in [-0.1, -0.05) is 0 Å². The highest BCUT2D eigenvalue weighted by Gasteiger charge is 2.19. The summed E-state index contributed by atoms with van der Waals surface area (Å²) >= 11 is 1.63. The first kappa shape index (κ1) is 11.7. The zero-order valence-electron chi connectivity index (χ0n) is 9.95. The first-order chi connectivity index (χ1) is 8.79. The second-order valence-electron chi connectivity index (χ2n) is 4.46. The Morgan fingerprint density at radius 1 is 1.39 bits per heavy atom. The van der Waals surface area contributed by atoms with Gasteiger partial charge in [0.05, 0.1) is 12.0 Å². The number of hydrogen-bond acceptors (Lipinski definition) is 5. The summed E-state index contributed by atoms with van der Waals surface area (Å²) in [6, 6.07) is 0. The second kappa shape index (κ2) is 4.70. The highest BCUT2D eigenvalue weighted by Crippen LogP contribution is 2.33. The van der Waals surface area contributed by atoms with Crippen molar-refractivity contribution in [3.05, 3.63) is 20.8 Å². The summed E-state index contributed by atoms with van der Waals surface area (Å²) in [6.07, 6.45) is 4.41. The number of rotatable bonds is 3. The molecular formula is C12H15N3O2S. The highest BCUT2D eigenvalue weighted by molar-refractivity contribution is 7.18. The fourth-order valence-electron chi connectivity index (χ4n) is 2.42. The fourth-order valence-corrected chi connectivity index (χ4v) is 3.68. The van der Waals surface area contributed by atoms with Crippen molar-refractivity contribution >= 4 is 27.5 Å². The number of nitrogens with one attached hydrogen (secondary N) is 2. The Morgan fingerprint density at radius 2 is 2.22 bits per heavy atom. The minimum absolute atomic E-state index is 0.0166. The van der Waals surface area contributed by atoms with Gasteiger partial charge in [-0.05, 0) is 31.2 Å². The van der Waals surface area contributed by atoms with Crippen LogP contribution in [-0.4, -0.2) is 28.2 Å². The minimum atomic E-state index is -0.0696. The summed E-state index contributed by atoms with van der Waals surface area (Å²) < 4.78 is 0. The van der Waals surface area contributed by atoms with E-state index < -0.39 is 0 Å². The third-order valence-electron chi connectivity index (χ3n) is 3.23. The van der Waals surface area contributed by atoms with Gasteiger partial charge in [0.1, 0.15) is 4.83 Å². The van der Waals surface area contributed by atoms with E-state index >= 15 is 0 Å². The molecule has 1 aliphatic rings. The Kier molecular flexibility index (Phi) is 3.05. The van der Waals surface area contributed by atoms with Gasteiger partial charge in [-0.2, -0.15) is 0 Å². The van der Waals surface area contributed by atoms with Crippen molar-refractivity contribution in [2.45, 2.75) is 25.7 Å². The molecule has 2 heterocycles. The van der Waals surface area contributed by atoms with Gasteiger partial charge in [-0.25, -0.2) is 4.98 Å². The summed E-state index contributed by atoms with van der Waals surface area (Å²) in [5.74, 6) is 0.445. The van der Waals surface area contributed by atoms with E-state index in [-0.39, 0.29) is 12.2 Å². The van der Waals surface area contributed by atoms with Gasteiger partial charge in [0, 0.05) is 11.4 Å². The normalized spacial score (nSPS) is 14.7. The first-order valence-electron chi connectivity index (χ1n) is 6.19. The van der Waals surface area contributed by atoms with Crippen molar-refractivity contribution in [1.82, 2.24) is 9.97 Å². The lowest BCUT2D eigenvalue weighted by Gasteiger charge is -2.09. The summed E-state index contributed by atoms with van der Waals surface area (Å²) in [6.45, 7) is 0.405. The summed E-state index contributed by atoms with van der Waals surface area (Å²) in [4.78, 5) is 21.4. The summed E-state index contributed by atoms with van der Waals surface area (Å²) in [5.41, 5.74) is 1.13. The number of thiophene rings is 1. The van der Waals surface area contributed by atoms with Gasteiger partial charge in [0.25, 0.3) is 5.56 Å². The van der Waals surface area contributed by atoms with Crippen LogP contribution in [0.4, 0.5) is 5.95 Å². The number of H-pyrrole nitrogens is 1. The molecule has 5 nitrogen and oxygen atoms in total. The van der Waals surface area contributed by atoms with Crippen LogP contribution in [0.1, 0.15) is 23.3 Å². The van der Waals surface area contributed by atoms with Crippen molar-refractivity contribution in [1.29, 1.82) is 0 Å². The highest BCUT2D eigenvalue weighted by atomic mass is 32.1. The Hall–Kier alpha value is -1.40. The molecule has 96 valence electrons. The first-order valence-corrected chi connectivity index (χ1v) is 7.00. The molecule has 0 radical (unpaired) electrons. The second-order valence-corrected chi connectivity index (χ2v) is 5.54. The van der Waals surface area contributed by atoms with Crippen molar-refractivity contribution in [2.24, 2.45) is 0 Å². The maximum Gasteiger partial charge on any atom is 0.261 e. The van der Waals surface area contributed by atoms with Gasteiger partial charge >= 0.3 is 0 Å². The number of nitrogens with zero attached hydrogens (tertiary/aromatic N) is 1. The van der Waals surface area contributed by atoms with Crippen LogP contribution < -0.4 is 10.9 Å². The molecule has 0 atom stereocenters. The fraction of sp³-hybridized carbons (Fsp3) is 0.500. The van der Waals surface area contributed by atoms with E-state index in [1.165, 1.54) is 16.9 Å². The minimum Gasteiger partial charge on any atom is -0.395 e. The summed E-state index contributed by atoms with van der Waals surface area (Å²) in [5, 5.41) is 12.4. The summed E-state index contributed by atoms with van der Waals surface area (Å²) in [7, 11) is 0. The van der Waals surface area contributed by atoms with E-state index in [2.05, 4.69) is 15.3 Å². The van der Waals surface area contributed by atoms with Crippen molar-refractivity contribution in [2.75, 3.05) is 18.5 Å². The molecule has 0 unspecified atom stereocenters. The monoisotopic (exact) mass is 265 g/mol. The average molecular weight is 265 g/mol.